The molecule has 3 N–H and O–H groups in total. The van der Waals surface area contributed by atoms with Crippen LogP contribution in [0.1, 0.15) is 32.1 Å². The monoisotopic (exact) mass is 398 g/mol. The summed E-state index contributed by atoms with van der Waals surface area (Å²) in [5.41, 5.74) is 0. The van der Waals surface area contributed by atoms with Crippen molar-refractivity contribution < 1.29 is 13.5 Å². The van der Waals surface area contributed by atoms with Crippen LogP contribution in [0.5, 0.6) is 0 Å². The van der Waals surface area contributed by atoms with Gasteiger partial charge in [0.05, 0.1) is 4.90 Å². The number of aliphatic hydroxyl groups is 1. The summed E-state index contributed by atoms with van der Waals surface area (Å²) in [6.45, 7) is 2.40. The minimum absolute atomic E-state index is 0.217. The fourth-order valence-corrected chi connectivity index (χ4v) is 4.49. The maximum atomic E-state index is 12.6. The molecule has 0 bridgehead atoms. The summed E-state index contributed by atoms with van der Waals surface area (Å²) in [4.78, 5) is 0.230. The number of benzene rings is 2. The number of rotatable bonds is 12. The summed E-state index contributed by atoms with van der Waals surface area (Å²) in [5.74, 6) is 0. The van der Waals surface area contributed by atoms with Crippen molar-refractivity contribution in [3.63, 3.8) is 0 Å². The molecule has 0 aliphatic rings. The molecule has 2 rings (SSSR count). The van der Waals surface area contributed by atoms with Gasteiger partial charge in [-0.15, -0.1) is 0 Å². The largest absolute Gasteiger partial charge is 0.396 e. The summed E-state index contributed by atoms with van der Waals surface area (Å²) in [6.07, 6.45) is 4.65. The minimum Gasteiger partial charge on any atom is -0.396 e. The lowest BCUT2D eigenvalue weighted by molar-refractivity contribution is 0.286. The predicted octanol–water partition coefficient (Wildman–Crippen LogP) is 3.30. The lowest BCUT2D eigenvalue weighted by atomic mass is 10.1. The van der Waals surface area contributed by atoms with Gasteiger partial charge in [-0.25, -0.2) is 13.1 Å². The second-order valence-electron chi connectivity index (χ2n) is 6.23. The molecule has 0 saturated heterocycles. The molecule has 26 heavy (non-hydrogen) atoms. The first-order valence-electron chi connectivity index (χ1n) is 9.05. The Bertz CT molecular complexity index is 791. The number of aliphatic hydroxyl groups excluding tert-OH is 1. The topological polar surface area (TPSA) is 78.4 Å². The molecule has 2 aromatic carbocycles. The molecular weight excluding hydrogens is 372 g/mol. The van der Waals surface area contributed by atoms with Crippen LogP contribution in [-0.2, 0) is 10.0 Å². The van der Waals surface area contributed by atoms with Gasteiger partial charge in [0.25, 0.3) is 0 Å². The highest BCUT2D eigenvalue weighted by Crippen LogP contribution is 2.29. The zero-order chi connectivity index (χ0) is 18.8. The average molecular weight is 399 g/mol. The Balaban J connectivity index is 1.80. The predicted molar refractivity (Wildman–Crippen MR) is 107 cm³/mol. The molecule has 0 aliphatic heterocycles. The normalized spacial score (nSPS) is 11.9. The Morgan fingerprint density at radius 3 is 2.27 bits per heavy atom. The van der Waals surface area contributed by atoms with Gasteiger partial charge in [-0.1, -0.05) is 48.7 Å². The van der Waals surface area contributed by atoms with E-state index in [2.05, 4.69) is 10.0 Å². The molecular formula is C19H27ClN2O3S. The number of fused-ring (bicyclic) bond motifs is 1. The number of unbranched alkanes of at least 4 members (excludes halogenated alkanes) is 3. The number of hydrogen-bond acceptors (Lipinski definition) is 4. The summed E-state index contributed by atoms with van der Waals surface area (Å²) in [6, 6.07) is 10.6. The molecule has 0 amide bonds. The van der Waals surface area contributed by atoms with Gasteiger partial charge in [-0.05, 0) is 49.9 Å². The van der Waals surface area contributed by atoms with Crippen LogP contribution in [0.2, 0.25) is 5.02 Å². The Morgan fingerprint density at radius 1 is 0.885 bits per heavy atom. The van der Waals surface area contributed by atoms with Gasteiger partial charge in [0.1, 0.15) is 0 Å². The van der Waals surface area contributed by atoms with Gasteiger partial charge in [-0.3, -0.25) is 0 Å². The molecule has 0 unspecified atom stereocenters. The molecule has 0 saturated carbocycles. The van der Waals surface area contributed by atoms with Crippen LogP contribution in [0.3, 0.4) is 0 Å². The number of sulfonamides is 1. The van der Waals surface area contributed by atoms with E-state index in [1.807, 2.05) is 18.2 Å². The molecule has 0 aliphatic carbocycles. The molecule has 0 aromatic heterocycles. The molecule has 0 fully saturated rings. The van der Waals surface area contributed by atoms with Gasteiger partial charge in [0, 0.05) is 23.6 Å². The van der Waals surface area contributed by atoms with Crippen molar-refractivity contribution in [3.8, 4) is 0 Å². The van der Waals surface area contributed by atoms with Crippen LogP contribution in [0.25, 0.3) is 10.8 Å². The maximum absolute atomic E-state index is 12.6. The van der Waals surface area contributed by atoms with Crippen molar-refractivity contribution in [3.05, 3.63) is 41.4 Å². The first kappa shape index (κ1) is 21.1. The van der Waals surface area contributed by atoms with E-state index in [4.69, 9.17) is 16.7 Å². The average Bonchev–Trinajstić information content (AvgIpc) is 2.63. The first-order valence-corrected chi connectivity index (χ1v) is 10.9. The van der Waals surface area contributed by atoms with Crippen molar-refractivity contribution in [2.75, 3.05) is 26.2 Å². The quantitative estimate of drug-likeness (QED) is 0.479. The summed E-state index contributed by atoms with van der Waals surface area (Å²) in [5, 5.41) is 13.8. The molecule has 0 atom stereocenters. The number of hydrogen-bond donors (Lipinski definition) is 3. The Labute approximate surface area is 160 Å². The van der Waals surface area contributed by atoms with Gasteiger partial charge >= 0.3 is 0 Å². The third-order valence-electron chi connectivity index (χ3n) is 4.19. The Morgan fingerprint density at radius 2 is 1.54 bits per heavy atom. The van der Waals surface area contributed by atoms with Crippen LogP contribution in [-0.4, -0.2) is 39.8 Å². The second kappa shape index (κ2) is 10.8. The fourth-order valence-electron chi connectivity index (χ4n) is 2.83. The first-order chi connectivity index (χ1) is 12.6. The third-order valence-corrected chi connectivity index (χ3v) is 6.01. The van der Waals surface area contributed by atoms with Crippen molar-refractivity contribution in [1.29, 1.82) is 0 Å². The highest BCUT2D eigenvalue weighted by molar-refractivity contribution is 7.89. The second-order valence-corrected chi connectivity index (χ2v) is 8.38. The molecule has 2 aromatic rings. The SMILES string of the molecule is O=S(=O)(NCCCCCCNCCCO)c1cccc2cccc(Cl)c12. The van der Waals surface area contributed by atoms with Crippen molar-refractivity contribution >= 4 is 32.4 Å². The van der Waals surface area contributed by atoms with E-state index in [-0.39, 0.29) is 11.5 Å². The Kier molecular flexibility index (Phi) is 8.81. The lowest BCUT2D eigenvalue weighted by Gasteiger charge is -2.11. The highest BCUT2D eigenvalue weighted by atomic mass is 35.5. The summed E-state index contributed by atoms with van der Waals surface area (Å²) < 4.78 is 28.0. The number of nitrogens with one attached hydrogen (secondary N) is 2. The van der Waals surface area contributed by atoms with E-state index >= 15 is 0 Å². The maximum Gasteiger partial charge on any atom is 0.241 e. The fraction of sp³-hybridized carbons (Fsp3) is 0.474. The standard InChI is InChI=1S/C19H27ClN2O3S/c20-17-10-5-8-16-9-6-11-18(19(16)17)26(24,25)22-14-4-2-1-3-12-21-13-7-15-23/h5-6,8-11,21-23H,1-4,7,12-15H2. The van der Waals surface area contributed by atoms with Crippen LogP contribution in [0, 0.1) is 0 Å². The van der Waals surface area contributed by atoms with E-state index in [1.165, 1.54) is 0 Å². The Hall–Kier alpha value is -1.18. The molecule has 7 heteroatoms. The smallest absolute Gasteiger partial charge is 0.241 e. The highest BCUT2D eigenvalue weighted by Gasteiger charge is 2.18. The number of halogens is 1. The van der Waals surface area contributed by atoms with Crippen LogP contribution in [0.4, 0.5) is 0 Å². The summed E-state index contributed by atoms with van der Waals surface area (Å²) in [7, 11) is -3.59. The minimum atomic E-state index is -3.59. The van der Waals surface area contributed by atoms with E-state index in [1.54, 1.807) is 18.2 Å². The zero-order valence-electron chi connectivity index (χ0n) is 14.9. The zero-order valence-corrected chi connectivity index (χ0v) is 16.5. The lowest BCUT2D eigenvalue weighted by Crippen LogP contribution is -2.25. The van der Waals surface area contributed by atoms with E-state index in [0.717, 1.165) is 50.6 Å². The van der Waals surface area contributed by atoms with Crippen molar-refractivity contribution in [2.45, 2.75) is 37.0 Å². The van der Waals surface area contributed by atoms with Crippen LogP contribution < -0.4 is 10.0 Å². The van der Waals surface area contributed by atoms with E-state index < -0.39 is 10.0 Å². The molecule has 144 valence electrons. The van der Waals surface area contributed by atoms with Crippen LogP contribution in [0.15, 0.2) is 41.3 Å². The van der Waals surface area contributed by atoms with E-state index in [9.17, 15) is 8.42 Å². The third kappa shape index (κ3) is 6.21. The van der Waals surface area contributed by atoms with Crippen LogP contribution >= 0.6 is 11.6 Å². The molecule has 0 radical (unpaired) electrons. The van der Waals surface area contributed by atoms with Crippen molar-refractivity contribution in [1.82, 2.24) is 10.0 Å². The van der Waals surface area contributed by atoms with Crippen molar-refractivity contribution in [2.24, 2.45) is 0 Å². The van der Waals surface area contributed by atoms with Gasteiger partial charge in [0.15, 0.2) is 0 Å². The van der Waals surface area contributed by atoms with Gasteiger partial charge in [-0.2, -0.15) is 0 Å². The summed E-state index contributed by atoms with van der Waals surface area (Å²) >= 11 is 6.22. The van der Waals surface area contributed by atoms with E-state index in [0.29, 0.717) is 17.0 Å². The van der Waals surface area contributed by atoms with Gasteiger partial charge < -0.3 is 10.4 Å². The molecule has 0 spiro atoms. The van der Waals surface area contributed by atoms with Gasteiger partial charge in [0.2, 0.25) is 10.0 Å². The molecule has 5 nitrogen and oxygen atoms in total. The molecule has 0 heterocycles.